The van der Waals surface area contributed by atoms with Crippen LogP contribution in [0.5, 0.6) is 0 Å². The average molecular weight is 1220 g/mol. The summed E-state index contributed by atoms with van der Waals surface area (Å²) in [6.07, 6.45) is 73.3. The van der Waals surface area contributed by atoms with E-state index in [1.54, 1.807) is 6.08 Å². The number of unbranched alkanes of at least 4 members (excludes halogenated alkanes) is 36. The highest BCUT2D eigenvalue weighted by molar-refractivity contribution is 5.80. The number of hydrogen-bond donors (Lipinski definition) is 6. The molecular weight excluding hydrogens is 1090 g/mol. The summed E-state index contributed by atoms with van der Waals surface area (Å²) >= 11 is 0. The maximum absolute atomic E-state index is 13.5. The van der Waals surface area contributed by atoms with Crippen LogP contribution in [-0.2, 0) is 23.8 Å². The van der Waals surface area contributed by atoms with Crippen LogP contribution in [0.2, 0.25) is 0 Å². The van der Waals surface area contributed by atoms with Gasteiger partial charge in [-0.05, 0) is 96.3 Å². The smallest absolute Gasteiger partial charge is 0.306 e. The van der Waals surface area contributed by atoms with Gasteiger partial charge < -0.3 is 45.1 Å². The Bertz CT molecular complexity index is 1740. The maximum Gasteiger partial charge on any atom is 0.306 e. The molecule has 1 amide bonds. The van der Waals surface area contributed by atoms with Crippen molar-refractivity contribution in [1.29, 1.82) is 0 Å². The first kappa shape index (κ1) is 81.9. The van der Waals surface area contributed by atoms with Crippen molar-refractivity contribution in [1.82, 2.24) is 5.32 Å². The largest absolute Gasteiger partial charge is 0.454 e. The van der Waals surface area contributed by atoms with Gasteiger partial charge in [-0.2, -0.15) is 0 Å². The Morgan fingerprint density at radius 2 is 0.828 bits per heavy atom. The van der Waals surface area contributed by atoms with Crippen molar-refractivity contribution in [3.8, 4) is 0 Å². The molecule has 1 saturated heterocycles. The van der Waals surface area contributed by atoms with Crippen LogP contribution < -0.4 is 5.32 Å². The fraction of sp³-hybridized carbons (Fsp3) is 0.789. The third-order valence-electron chi connectivity index (χ3n) is 16.8. The number of hydrogen-bond acceptors (Lipinski definition) is 10. The molecule has 1 heterocycles. The highest BCUT2D eigenvalue weighted by Crippen LogP contribution is 2.26. The summed E-state index contributed by atoms with van der Waals surface area (Å²) < 4.78 is 17.7. The van der Waals surface area contributed by atoms with E-state index in [4.69, 9.17) is 14.2 Å². The number of nitrogens with one attached hydrogen (secondary N) is 1. The molecule has 87 heavy (non-hydrogen) atoms. The summed E-state index contributed by atoms with van der Waals surface area (Å²) in [6, 6.07) is -1.03. The summed E-state index contributed by atoms with van der Waals surface area (Å²) in [7, 11) is 0. The van der Waals surface area contributed by atoms with Gasteiger partial charge in [0.05, 0.1) is 25.4 Å². The molecule has 0 bridgehead atoms. The summed E-state index contributed by atoms with van der Waals surface area (Å²) in [5.41, 5.74) is 0. The number of aliphatic hydroxyl groups excluding tert-OH is 5. The Hall–Kier alpha value is -3.16. The lowest BCUT2D eigenvalue weighted by molar-refractivity contribution is -0.305. The van der Waals surface area contributed by atoms with Gasteiger partial charge in [-0.3, -0.25) is 9.59 Å². The topological polar surface area (TPSA) is 175 Å². The minimum atomic E-state index is -1.62. The molecule has 0 aromatic carbocycles. The Labute approximate surface area is 533 Å². The van der Waals surface area contributed by atoms with Gasteiger partial charge in [-0.15, -0.1) is 0 Å². The van der Waals surface area contributed by atoms with Gasteiger partial charge in [0, 0.05) is 6.42 Å². The first-order valence-corrected chi connectivity index (χ1v) is 36.4. The lowest BCUT2D eigenvalue weighted by Gasteiger charge is -2.41. The van der Waals surface area contributed by atoms with E-state index in [1.807, 2.05) is 6.08 Å². The van der Waals surface area contributed by atoms with Crippen LogP contribution in [0.15, 0.2) is 85.1 Å². The van der Waals surface area contributed by atoms with Crippen molar-refractivity contribution in [2.45, 2.75) is 372 Å². The number of carbonyl (C=O) groups is 2. The molecule has 8 unspecified atom stereocenters. The number of allylic oxidation sites excluding steroid dienone is 13. The van der Waals surface area contributed by atoms with Crippen LogP contribution in [0.1, 0.15) is 323 Å². The molecule has 0 aromatic rings. The van der Waals surface area contributed by atoms with Crippen LogP contribution in [-0.4, -0.2) is 99.6 Å². The molecule has 6 N–H and O–H groups in total. The lowest BCUT2D eigenvalue weighted by atomic mass is 9.99. The zero-order valence-corrected chi connectivity index (χ0v) is 56.1. The molecule has 504 valence electrons. The van der Waals surface area contributed by atoms with Crippen LogP contribution in [0, 0.1) is 0 Å². The highest BCUT2D eigenvalue weighted by Gasteiger charge is 2.47. The monoisotopic (exact) mass is 1220 g/mol. The summed E-state index contributed by atoms with van der Waals surface area (Å²) in [5, 5.41) is 57.3. The van der Waals surface area contributed by atoms with E-state index in [0.29, 0.717) is 12.8 Å². The molecule has 0 saturated carbocycles. The number of aliphatic hydroxyl groups is 5. The fourth-order valence-corrected chi connectivity index (χ4v) is 11.1. The highest BCUT2D eigenvalue weighted by atomic mass is 16.7. The number of carbonyl (C=O) groups excluding carboxylic acids is 2. The van der Waals surface area contributed by atoms with E-state index in [0.717, 1.165) is 116 Å². The molecule has 1 aliphatic rings. The van der Waals surface area contributed by atoms with Gasteiger partial charge in [0.15, 0.2) is 12.4 Å². The van der Waals surface area contributed by atoms with Gasteiger partial charge in [0.2, 0.25) is 5.91 Å². The normalized spacial score (nSPS) is 18.7. The lowest BCUT2D eigenvalue weighted by Crippen LogP contribution is -2.61. The zero-order chi connectivity index (χ0) is 63.1. The second kappa shape index (κ2) is 63.0. The molecule has 11 nitrogen and oxygen atoms in total. The third-order valence-corrected chi connectivity index (χ3v) is 16.8. The second-order valence-corrected chi connectivity index (χ2v) is 24.9. The molecule has 1 fully saturated rings. The van der Waals surface area contributed by atoms with E-state index >= 15 is 0 Å². The Kier molecular flexibility index (Phi) is 59.3. The fourth-order valence-electron chi connectivity index (χ4n) is 11.1. The first-order valence-electron chi connectivity index (χ1n) is 36.4. The molecule has 1 rings (SSSR count). The summed E-state index contributed by atoms with van der Waals surface area (Å²) in [6.45, 7) is 5.71. The minimum absolute atomic E-state index is 0.108. The molecule has 0 radical (unpaired) electrons. The molecule has 11 heteroatoms. The van der Waals surface area contributed by atoms with Crippen LogP contribution in [0.4, 0.5) is 0 Å². The van der Waals surface area contributed by atoms with Gasteiger partial charge in [0.1, 0.15) is 24.4 Å². The summed E-state index contributed by atoms with van der Waals surface area (Å²) in [4.78, 5) is 26.7. The van der Waals surface area contributed by atoms with Crippen molar-refractivity contribution >= 4 is 11.9 Å². The summed E-state index contributed by atoms with van der Waals surface area (Å²) in [5.74, 6) is -1.20. The number of amides is 1. The van der Waals surface area contributed by atoms with Crippen molar-refractivity contribution in [3.63, 3.8) is 0 Å². The molecule has 0 spiro atoms. The van der Waals surface area contributed by atoms with E-state index in [-0.39, 0.29) is 19.4 Å². The Balaban J connectivity index is 2.59. The standard InChI is InChI=1S/C76H135NO10/c1-4-7-10-13-16-19-22-25-27-29-31-33-35-37-39-41-43-46-49-52-55-58-61-64-71(81)87-74-73(83)72(82)70(65-78)86-76(74)85-66-67(68(79)62-59-56-53-50-47-44-24-21-18-15-12-9-6-3)77-75(84)69(80)63-60-57-54-51-48-45-42-40-38-36-34-32-30-28-26-23-20-17-14-11-8-5-2/h7,10,16,19,25-28,31,33,37,39,59,62,67-70,72-74,76,78-80,82-83H,4-6,8-9,11-15,17-18,20-24,29-30,32,34-36,38,40-58,60-61,63-66H2,1-3H3,(H,77,84)/b10-7-,19-16-,27-25-,28-26+,33-31-,39-37-,62-59+. The quantitative estimate of drug-likeness (QED) is 0.0195. The van der Waals surface area contributed by atoms with Gasteiger partial charge in [-0.25, -0.2) is 0 Å². The molecule has 1 aliphatic heterocycles. The van der Waals surface area contributed by atoms with Gasteiger partial charge in [0.25, 0.3) is 0 Å². The van der Waals surface area contributed by atoms with E-state index < -0.39 is 67.4 Å². The minimum Gasteiger partial charge on any atom is -0.454 e. The molecular formula is C76H135NO10. The van der Waals surface area contributed by atoms with E-state index in [1.165, 1.54) is 161 Å². The van der Waals surface area contributed by atoms with Gasteiger partial charge >= 0.3 is 5.97 Å². The van der Waals surface area contributed by atoms with Crippen LogP contribution in [0.3, 0.4) is 0 Å². The zero-order valence-electron chi connectivity index (χ0n) is 56.1. The molecule has 0 aliphatic carbocycles. The van der Waals surface area contributed by atoms with Crippen molar-refractivity contribution in [2.75, 3.05) is 13.2 Å². The van der Waals surface area contributed by atoms with Crippen molar-refractivity contribution < 1.29 is 49.3 Å². The second-order valence-electron chi connectivity index (χ2n) is 24.9. The Morgan fingerprint density at radius 3 is 1.25 bits per heavy atom. The first-order chi connectivity index (χ1) is 42.7. The van der Waals surface area contributed by atoms with E-state index in [2.05, 4.69) is 99.0 Å². The number of ether oxygens (including phenoxy) is 3. The molecule has 0 aromatic heterocycles. The van der Waals surface area contributed by atoms with Gasteiger partial charge in [-0.1, -0.05) is 305 Å². The predicted octanol–water partition coefficient (Wildman–Crippen LogP) is 18.8. The SMILES string of the molecule is CC/C=C\C/C=C\C/C=C\C/C=C\C/C=C\CCCCCCCCCC(=O)OC1C(OCC(NC(=O)C(O)CCCCCCCCCCCCCC/C=C/CCCCCCCC)C(O)/C=C/CCCCCCCCCCCCC)OC(CO)C(O)C1O. The average Bonchev–Trinajstić information content (AvgIpc) is 2.32. The van der Waals surface area contributed by atoms with Crippen LogP contribution in [0.25, 0.3) is 0 Å². The number of esters is 1. The maximum atomic E-state index is 13.5. The van der Waals surface area contributed by atoms with Crippen molar-refractivity contribution in [3.05, 3.63) is 85.1 Å². The van der Waals surface area contributed by atoms with Crippen molar-refractivity contribution in [2.24, 2.45) is 0 Å². The predicted molar refractivity (Wildman–Crippen MR) is 366 cm³/mol. The number of rotatable bonds is 62. The Morgan fingerprint density at radius 1 is 0.460 bits per heavy atom. The van der Waals surface area contributed by atoms with Crippen LogP contribution >= 0.6 is 0 Å². The van der Waals surface area contributed by atoms with E-state index in [9.17, 15) is 35.1 Å². The molecule has 8 atom stereocenters. The third kappa shape index (κ3) is 50.2.